The number of carbonyl (C=O) groups is 4. The zero-order valence-electron chi connectivity index (χ0n) is 37.1. The highest BCUT2D eigenvalue weighted by atomic mass is 79.9. The maximum atomic E-state index is 15.8. The fourth-order valence-corrected chi connectivity index (χ4v) is 8.55. The summed E-state index contributed by atoms with van der Waals surface area (Å²) in [6, 6.07) is 33.1. The molecule has 2 aliphatic rings. The molecule has 18 nitrogen and oxygen atoms in total. The molecule has 2 unspecified atom stereocenters. The smallest absolute Gasteiger partial charge is 0.338 e. The molecule has 10 rings (SSSR count). The summed E-state index contributed by atoms with van der Waals surface area (Å²) in [7, 11) is 0. The lowest BCUT2D eigenvalue weighted by atomic mass is 10.1. The van der Waals surface area contributed by atoms with Gasteiger partial charge < -0.3 is 33.4 Å². The van der Waals surface area contributed by atoms with E-state index in [9.17, 15) is 23.6 Å². The molecule has 0 radical (unpaired) electrons. The first-order chi connectivity index (χ1) is 35.2. The van der Waals surface area contributed by atoms with Crippen LogP contribution in [0.5, 0.6) is 0 Å². The number of hydrogen-bond acceptors (Lipinski definition) is 16. The second kappa shape index (κ2) is 24.3. The highest BCUT2D eigenvalue weighted by Crippen LogP contribution is 2.37. The molecule has 0 amide bonds. The Morgan fingerprint density at radius 1 is 0.589 bits per heavy atom. The third-order valence-electron chi connectivity index (χ3n) is 10.6. The lowest BCUT2D eigenvalue weighted by molar-refractivity contribution is -0.0570. The lowest BCUT2D eigenvalue weighted by Crippen LogP contribution is -2.37. The van der Waals surface area contributed by atoms with Crippen molar-refractivity contribution in [3.8, 4) is 0 Å². The Balaban J connectivity index is 0.000000166. The predicted molar refractivity (Wildman–Crippen MR) is 263 cm³/mol. The largest absolute Gasteiger partial charge is 0.459 e. The maximum absolute atomic E-state index is 15.8. The fourth-order valence-electron chi connectivity index (χ4n) is 7.12. The molecule has 0 aliphatic carbocycles. The molecule has 1 N–H and O–H groups in total. The quantitative estimate of drug-likeness (QED) is 0.0419. The number of alkyl halides is 3. The predicted octanol–water partition coefficient (Wildman–Crippen LogP) is 9.64. The third kappa shape index (κ3) is 12.9. The van der Waals surface area contributed by atoms with Crippen LogP contribution in [0.4, 0.5) is 8.78 Å². The molecule has 0 bridgehead atoms. The second-order valence-electron chi connectivity index (χ2n) is 15.4. The van der Waals surface area contributed by atoms with E-state index in [1.165, 1.54) is 29.4 Å². The van der Waals surface area contributed by atoms with Crippen molar-refractivity contribution in [2.24, 2.45) is 0 Å². The number of aromatic nitrogens is 8. The van der Waals surface area contributed by atoms with E-state index in [4.69, 9.17) is 74.8 Å². The summed E-state index contributed by atoms with van der Waals surface area (Å²) in [5.74, 6) is -2.61. The van der Waals surface area contributed by atoms with Gasteiger partial charge in [-0.25, -0.2) is 47.9 Å². The van der Waals surface area contributed by atoms with Gasteiger partial charge in [-0.1, -0.05) is 112 Å². The molecule has 6 heterocycles. The van der Waals surface area contributed by atoms with E-state index in [1.54, 1.807) is 109 Å². The summed E-state index contributed by atoms with van der Waals surface area (Å²) < 4.78 is 64.1. The van der Waals surface area contributed by atoms with Gasteiger partial charge in [-0.05, 0) is 71.7 Å². The highest BCUT2D eigenvalue weighted by molar-refractivity contribution is 9.09. The molecule has 2 saturated heterocycles. The minimum Gasteiger partial charge on any atom is -0.459 e. The van der Waals surface area contributed by atoms with Gasteiger partial charge >= 0.3 is 23.9 Å². The number of halogens is 7. The summed E-state index contributed by atoms with van der Waals surface area (Å²) in [6.45, 7) is -0.608. The van der Waals surface area contributed by atoms with E-state index in [1.807, 2.05) is 0 Å². The molecule has 8 aromatic rings. The van der Waals surface area contributed by atoms with Gasteiger partial charge in [0.2, 0.25) is 10.6 Å². The Labute approximate surface area is 440 Å². The molecule has 2 fully saturated rings. The summed E-state index contributed by atoms with van der Waals surface area (Å²) in [4.78, 5) is 75.6. The van der Waals surface area contributed by atoms with Gasteiger partial charge in [-0.15, -0.1) is 0 Å². The number of H-pyrrole nitrogens is 1. The van der Waals surface area contributed by atoms with Crippen molar-refractivity contribution in [3.63, 3.8) is 0 Å². The van der Waals surface area contributed by atoms with Crippen LogP contribution in [-0.2, 0) is 28.4 Å². The zero-order chi connectivity index (χ0) is 51.6. The number of nitrogens with one attached hydrogen (secondary N) is 1. The molecular formula is C48H35BrCl4F2N8O10. The van der Waals surface area contributed by atoms with Gasteiger partial charge in [-0.2, -0.15) is 9.97 Å². The number of esters is 4. The molecule has 0 saturated carbocycles. The standard InChI is InChI=1S/C24H17Cl2FN4O5.C19H16BrFO5.C5H2Cl2N4/c25-19-17-20(30-24(26)29-19)31(12-28-17)21-16(27)18(36-23(33)14-9-5-2-6-10-14)15(35-21)11-34-22(32)13-7-3-1-4-8-13;20-17-15(21)16(26-19(23)13-9-5-2-6-10-13)14(25-17)11-24-18(22)12-7-3-1-4-8-12;6-3-2-4(9-1-8-2)11-5(7)10-3/h1-10,12,15-16,18,21H,11H2;1-10,14-17H,11H2;1H,(H,8,9,10,11)/t15-,16-,18?,21-;14-,15-,16?,17+;/m11./s1. The average Bonchev–Trinajstić information content (AvgIpc) is 4.19. The van der Waals surface area contributed by atoms with Crippen molar-refractivity contribution in [1.82, 2.24) is 39.5 Å². The van der Waals surface area contributed by atoms with Crippen LogP contribution in [-0.4, -0.2) is 118 Å². The van der Waals surface area contributed by atoms with Gasteiger partial charge in [0.25, 0.3) is 0 Å². The first-order valence-corrected chi connectivity index (χ1v) is 24.0. The van der Waals surface area contributed by atoms with Crippen molar-refractivity contribution in [1.29, 1.82) is 0 Å². The maximum Gasteiger partial charge on any atom is 0.338 e. The van der Waals surface area contributed by atoms with Gasteiger partial charge in [0.1, 0.15) is 41.5 Å². The van der Waals surface area contributed by atoms with Crippen molar-refractivity contribution in [2.75, 3.05) is 13.2 Å². The number of imidazole rings is 2. The van der Waals surface area contributed by atoms with Gasteiger partial charge in [0.05, 0.1) is 34.9 Å². The zero-order valence-corrected chi connectivity index (χ0v) is 41.7. The monoisotopic (exact) mass is 1140 g/mol. The van der Waals surface area contributed by atoms with E-state index < -0.39 is 71.9 Å². The molecule has 8 atom stereocenters. The molecular weight excluding hydrogens is 1110 g/mol. The number of aromatic amines is 1. The van der Waals surface area contributed by atoms with Crippen LogP contribution in [0.25, 0.3) is 22.3 Å². The Morgan fingerprint density at radius 2 is 1.04 bits per heavy atom. The van der Waals surface area contributed by atoms with Crippen LogP contribution >= 0.6 is 62.3 Å². The number of rotatable bonds is 11. The normalized spacial score (nSPS) is 21.0. The molecule has 2 aliphatic heterocycles. The second-order valence-corrected chi connectivity index (χ2v) is 17.7. The van der Waals surface area contributed by atoms with Gasteiger partial charge in [0, 0.05) is 0 Å². The molecule has 0 spiro atoms. The number of carbonyl (C=O) groups excluding carboxylic acids is 4. The van der Waals surface area contributed by atoms with Crippen molar-refractivity contribution < 1.29 is 56.4 Å². The number of nitrogens with zero attached hydrogens (tertiary/aromatic N) is 7. The summed E-state index contributed by atoms with van der Waals surface area (Å²) in [5, 5.41) is -0.732. The molecule has 376 valence electrons. The molecule has 73 heavy (non-hydrogen) atoms. The van der Waals surface area contributed by atoms with E-state index >= 15 is 4.39 Å². The van der Waals surface area contributed by atoms with Crippen molar-refractivity contribution in [2.45, 2.75) is 48.0 Å². The minimum atomic E-state index is -1.87. The third-order valence-corrected chi connectivity index (χ3v) is 12.2. The topological polar surface area (TPSA) is 222 Å². The number of ether oxygens (including phenoxy) is 6. The summed E-state index contributed by atoms with van der Waals surface area (Å²) >= 11 is 26.3. The van der Waals surface area contributed by atoms with Crippen LogP contribution in [0.1, 0.15) is 47.7 Å². The first-order valence-electron chi connectivity index (χ1n) is 21.5. The van der Waals surface area contributed by atoms with Crippen LogP contribution in [0.3, 0.4) is 0 Å². The Morgan fingerprint density at radius 3 is 1.56 bits per heavy atom. The van der Waals surface area contributed by atoms with Crippen molar-refractivity contribution >= 4 is 109 Å². The summed E-state index contributed by atoms with van der Waals surface area (Å²) in [5.41, 5.74) is 2.62. The molecule has 4 aromatic heterocycles. The van der Waals surface area contributed by atoms with Crippen LogP contribution in [0.15, 0.2) is 134 Å². The van der Waals surface area contributed by atoms with E-state index in [2.05, 4.69) is 50.8 Å². The summed E-state index contributed by atoms with van der Waals surface area (Å²) in [6.07, 6.45) is -6.65. The average molecular weight is 1140 g/mol. The highest BCUT2D eigenvalue weighted by Gasteiger charge is 2.50. The van der Waals surface area contributed by atoms with E-state index in [0.29, 0.717) is 27.9 Å². The van der Waals surface area contributed by atoms with Crippen LogP contribution in [0, 0.1) is 0 Å². The lowest BCUT2D eigenvalue weighted by Gasteiger charge is -2.19. The van der Waals surface area contributed by atoms with Crippen LogP contribution in [0.2, 0.25) is 20.9 Å². The van der Waals surface area contributed by atoms with E-state index in [-0.39, 0.29) is 50.8 Å². The minimum absolute atomic E-state index is 0.0162. The number of fused-ring (bicyclic) bond motifs is 2. The molecule has 25 heteroatoms. The SMILES string of the molecule is Clc1nc(Cl)c2[nH]cnc2n1.O=C(OC[C@H]1O[C@@H](n2cnc3c(Cl)nc(Cl)nc32)[C@H](F)C1OC(=O)c1ccccc1)c1ccccc1.O=C(OC[C@H]1O[C@H](Br)[C@H](F)C1OC(=O)c1ccccc1)c1ccccc1. The Bertz CT molecular complexity index is 3200. The van der Waals surface area contributed by atoms with Crippen LogP contribution < -0.4 is 0 Å². The van der Waals surface area contributed by atoms with Crippen molar-refractivity contribution in [3.05, 3.63) is 177 Å². The van der Waals surface area contributed by atoms with Gasteiger partial charge in [0.15, 0.2) is 52.4 Å². The van der Waals surface area contributed by atoms with E-state index in [0.717, 1.165) is 0 Å². The Hall–Kier alpha value is -6.72. The first kappa shape index (κ1) is 52.6. The van der Waals surface area contributed by atoms with Gasteiger partial charge in [-0.3, -0.25) is 4.57 Å². The Kier molecular flexibility index (Phi) is 17.5. The number of hydrogen-bond donors (Lipinski definition) is 1. The molecule has 4 aromatic carbocycles. The fraction of sp³-hybridized carbons (Fsp3) is 0.208. The number of benzene rings is 4.